The van der Waals surface area contributed by atoms with E-state index in [0.29, 0.717) is 0 Å². The molecule has 0 aliphatic heterocycles. The molecule has 0 unspecified atom stereocenters. The molecule has 0 atom stereocenters. The second-order valence-corrected chi connectivity index (χ2v) is 11.6. The van der Waals surface area contributed by atoms with Gasteiger partial charge in [0.05, 0.1) is 0 Å². The van der Waals surface area contributed by atoms with Gasteiger partial charge in [0.25, 0.3) is 0 Å². The Morgan fingerprint density at radius 2 is 1.09 bits per heavy atom. The van der Waals surface area contributed by atoms with Gasteiger partial charge in [-0.05, 0) is 39.5 Å². The Kier molecular flexibility index (Phi) is 6.98. The zero-order valence-corrected chi connectivity index (χ0v) is 22.4. The van der Waals surface area contributed by atoms with E-state index in [4.69, 9.17) is 10.2 Å². The SMILES string of the molecule is CCCCC=Cn1nc2c(-c3ccc(C(C)(C)C)cc3)ccc(-c3ccc(C(C)(C)C)cc3)c2n1. The third-order valence-corrected chi connectivity index (χ3v) is 6.64. The summed E-state index contributed by atoms with van der Waals surface area (Å²) in [6.07, 6.45) is 7.56. The van der Waals surface area contributed by atoms with Crippen LogP contribution in [-0.2, 0) is 10.8 Å². The van der Waals surface area contributed by atoms with Crippen molar-refractivity contribution in [1.82, 2.24) is 15.0 Å². The lowest BCUT2D eigenvalue weighted by Gasteiger charge is -2.19. The second kappa shape index (κ2) is 9.81. The van der Waals surface area contributed by atoms with Gasteiger partial charge in [-0.1, -0.05) is 128 Å². The molecule has 3 heteroatoms. The molecule has 0 spiro atoms. The summed E-state index contributed by atoms with van der Waals surface area (Å²) in [7, 11) is 0. The first-order valence-electron chi connectivity index (χ1n) is 12.9. The molecule has 182 valence electrons. The molecule has 3 nitrogen and oxygen atoms in total. The van der Waals surface area contributed by atoms with Crippen molar-refractivity contribution in [3.8, 4) is 22.3 Å². The monoisotopic (exact) mass is 465 g/mol. The van der Waals surface area contributed by atoms with Crippen LogP contribution >= 0.6 is 0 Å². The molecule has 4 aromatic rings. The minimum atomic E-state index is 0.128. The Bertz CT molecular complexity index is 1210. The maximum absolute atomic E-state index is 4.92. The summed E-state index contributed by atoms with van der Waals surface area (Å²) in [6.45, 7) is 15.7. The Morgan fingerprint density at radius 1 is 0.657 bits per heavy atom. The molecule has 35 heavy (non-hydrogen) atoms. The molecule has 0 aliphatic rings. The van der Waals surface area contributed by atoms with Crippen LogP contribution in [0.15, 0.2) is 66.7 Å². The van der Waals surface area contributed by atoms with Gasteiger partial charge >= 0.3 is 0 Å². The number of nitrogens with zero attached hydrogens (tertiary/aromatic N) is 3. The molecule has 0 bridgehead atoms. The topological polar surface area (TPSA) is 30.7 Å². The highest BCUT2D eigenvalue weighted by Crippen LogP contribution is 2.35. The van der Waals surface area contributed by atoms with Crippen LogP contribution in [0, 0.1) is 0 Å². The number of hydrogen-bond donors (Lipinski definition) is 0. The van der Waals surface area contributed by atoms with Gasteiger partial charge in [-0.3, -0.25) is 0 Å². The number of hydrogen-bond acceptors (Lipinski definition) is 2. The zero-order valence-electron chi connectivity index (χ0n) is 22.4. The number of allylic oxidation sites excluding steroid dienone is 1. The van der Waals surface area contributed by atoms with Gasteiger partial charge in [0.15, 0.2) is 0 Å². The van der Waals surface area contributed by atoms with Crippen molar-refractivity contribution in [3.63, 3.8) is 0 Å². The summed E-state index contributed by atoms with van der Waals surface area (Å²) >= 11 is 0. The van der Waals surface area contributed by atoms with Crippen LogP contribution < -0.4 is 0 Å². The number of aromatic nitrogens is 3. The minimum Gasteiger partial charge on any atom is -0.158 e. The van der Waals surface area contributed by atoms with E-state index < -0.39 is 0 Å². The number of benzene rings is 3. The zero-order chi connectivity index (χ0) is 25.2. The van der Waals surface area contributed by atoms with E-state index in [1.54, 1.807) is 4.80 Å². The van der Waals surface area contributed by atoms with Crippen molar-refractivity contribution in [2.24, 2.45) is 0 Å². The molecule has 0 radical (unpaired) electrons. The first kappa shape index (κ1) is 24.9. The van der Waals surface area contributed by atoms with E-state index in [0.717, 1.165) is 28.6 Å². The van der Waals surface area contributed by atoms with Gasteiger partial charge in [0.2, 0.25) is 0 Å². The fourth-order valence-corrected chi connectivity index (χ4v) is 4.33. The average Bonchev–Trinajstić information content (AvgIpc) is 3.24. The third kappa shape index (κ3) is 5.56. The summed E-state index contributed by atoms with van der Waals surface area (Å²) < 4.78 is 0. The maximum Gasteiger partial charge on any atom is 0.122 e. The summed E-state index contributed by atoms with van der Waals surface area (Å²) in [5.41, 5.74) is 9.35. The molecule has 0 aliphatic carbocycles. The smallest absolute Gasteiger partial charge is 0.122 e. The largest absolute Gasteiger partial charge is 0.158 e. The highest BCUT2D eigenvalue weighted by Gasteiger charge is 2.18. The number of fused-ring (bicyclic) bond motifs is 1. The lowest BCUT2D eigenvalue weighted by atomic mass is 9.85. The average molecular weight is 466 g/mol. The Hall–Kier alpha value is -3.20. The van der Waals surface area contributed by atoms with Crippen LogP contribution in [0.25, 0.3) is 39.5 Å². The molecule has 3 aromatic carbocycles. The van der Waals surface area contributed by atoms with Crippen LogP contribution in [-0.4, -0.2) is 15.0 Å². The molecule has 0 saturated carbocycles. The molecule has 0 fully saturated rings. The quantitative estimate of drug-likeness (QED) is 0.266. The summed E-state index contributed by atoms with van der Waals surface area (Å²) in [5, 5.41) is 9.84. The van der Waals surface area contributed by atoms with E-state index >= 15 is 0 Å². The van der Waals surface area contributed by atoms with Gasteiger partial charge in [-0.2, -0.15) is 4.80 Å². The summed E-state index contributed by atoms with van der Waals surface area (Å²) in [6, 6.07) is 22.2. The van der Waals surface area contributed by atoms with Gasteiger partial charge in [0, 0.05) is 17.3 Å². The van der Waals surface area contributed by atoms with Gasteiger partial charge < -0.3 is 0 Å². The Morgan fingerprint density at radius 3 is 1.46 bits per heavy atom. The fraction of sp³-hybridized carbons (Fsp3) is 0.375. The van der Waals surface area contributed by atoms with Crippen molar-refractivity contribution in [1.29, 1.82) is 0 Å². The van der Waals surface area contributed by atoms with Crippen molar-refractivity contribution in [2.45, 2.75) is 78.6 Å². The molecule has 0 amide bonds. The fourth-order valence-electron chi connectivity index (χ4n) is 4.33. The van der Waals surface area contributed by atoms with Crippen LogP contribution in [0.5, 0.6) is 0 Å². The highest BCUT2D eigenvalue weighted by atomic mass is 15.5. The van der Waals surface area contributed by atoms with Crippen LogP contribution in [0.2, 0.25) is 0 Å². The van der Waals surface area contributed by atoms with Crippen LogP contribution in [0.1, 0.15) is 78.9 Å². The lowest BCUT2D eigenvalue weighted by Crippen LogP contribution is -2.10. The number of unbranched alkanes of at least 4 members (excludes halogenated alkanes) is 2. The Balaban J connectivity index is 1.82. The van der Waals surface area contributed by atoms with Crippen molar-refractivity contribution in [2.75, 3.05) is 0 Å². The summed E-state index contributed by atoms with van der Waals surface area (Å²) in [5.74, 6) is 0. The van der Waals surface area contributed by atoms with Crippen molar-refractivity contribution in [3.05, 3.63) is 77.9 Å². The Labute approximate surface area is 210 Å². The van der Waals surface area contributed by atoms with Crippen LogP contribution in [0.3, 0.4) is 0 Å². The van der Waals surface area contributed by atoms with Crippen molar-refractivity contribution < 1.29 is 0 Å². The third-order valence-electron chi connectivity index (χ3n) is 6.64. The van der Waals surface area contributed by atoms with E-state index in [1.165, 1.54) is 35.1 Å². The molecular formula is C32H39N3. The minimum absolute atomic E-state index is 0.128. The van der Waals surface area contributed by atoms with Gasteiger partial charge in [-0.15, -0.1) is 10.2 Å². The van der Waals surface area contributed by atoms with Gasteiger partial charge in [-0.25, -0.2) is 0 Å². The van der Waals surface area contributed by atoms with Crippen molar-refractivity contribution >= 4 is 17.2 Å². The van der Waals surface area contributed by atoms with E-state index in [2.05, 4.69) is 115 Å². The van der Waals surface area contributed by atoms with E-state index in [1.807, 2.05) is 6.20 Å². The second-order valence-electron chi connectivity index (χ2n) is 11.6. The molecular weight excluding hydrogens is 426 g/mol. The van der Waals surface area contributed by atoms with E-state index in [9.17, 15) is 0 Å². The number of rotatable bonds is 6. The predicted octanol–water partition coefficient (Wildman–Crippen LogP) is 9.02. The molecule has 0 saturated heterocycles. The lowest BCUT2D eigenvalue weighted by molar-refractivity contribution is 0.590. The van der Waals surface area contributed by atoms with E-state index in [-0.39, 0.29) is 10.8 Å². The summed E-state index contributed by atoms with van der Waals surface area (Å²) in [4.78, 5) is 1.74. The molecule has 4 rings (SSSR count). The highest BCUT2D eigenvalue weighted by molar-refractivity contribution is 6.00. The molecule has 1 aromatic heterocycles. The first-order valence-corrected chi connectivity index (χ1v) is 12.9. The predicted molar refractivity (Wildman–Crippen MR) is 151 cm³/mol. The standard InChI is InChI=1S/C32H39N3/c1-8-9-10-11-22-35-33-29-27(23-12-16-25(17-13-23)31(2,3)4)20-21-28(30(29)34-35)24-14-18-26(19-15-24)32(5,6)7/h11-22H,8-10H2,1-7H3. The molecule has 1 heterocycles. The maximum atomic E-state index is 4.92. The van der Waals surface area contributed by atoms with Gasteiger partial charge in [0.1, 0.15) is 11.0 Å². The first-order chi connectivity index (χ1) is 16.6. The van der Waals surface area contributed by atoms with Crippen LogP contribution in [0.4, 0.5) is 0 Å². The molecule has 0 N–H and O–H groups in total. The normalized spacial score (nSPS) is 12.7.